The van der Waals surface area contributed by atoms with Crippen LogP contribution < -0.4 is 9.80 Å². The molecule has 2 aliphatic carbocycles. The number of hydrogen-bond donors (Lipinski definition) is 2. The topological polar surface area (TPSA) is 81.5 Å². The van der Waals surface area contributed by atoms with Crippen LogP contribution in [0.5, 0.6) is 0 Å². The van der Waals surface area contributed by atoms with Crippen LogP contribution in [0.4, 0.5) is 11.4 Å². The summed E-state index contributed by atoms with van der Waals surface area (Å²) < 4.78 is 4.23. The Morgan fingerprint density at radius 2 is 0.865 bits per heavy atom. The first-order valence-corrected chi connectivity index (χ1v) is 19.5. The molecule has 4 fully saturated rings. The van der Waals surface area contributed by atoms with Gasteiger partial charge in [0.05, 0.1) is 59.7 Å². The van der Waals surface area contributed by atoms with Gasteiger partial charge in [0.2, 0.25) is 0 Å². The molecule has 0 bridgehead atoms. The second-order valence-electron chi connectivity index (χ2n) is 15.5. The molecule has 0 radical (unpaired) electrons. The molecule has 2 atom stereocenters. The molecule has 2 saturated heterocycles. The van der Waals surface area contributed by atoms with Crippen molar-refractivity contribution in [2.45, 2.75) is 75.4 Å². The van der Waals surface area contributed by atoms with Crippen LogP contribution in [0.3, 0.4) is 0 Å². The van der Waals surface area contributed by atoms with Gasteiger partial charge in [0.25, 0.3) is 0 Å². The Morgan fingerprint density at radius 1 is 0.481 bits per heavy atom. The highest BCUT2D eigenvalue weighted by Gasteiger charge is 2.35. The van der Waals surface area contributed by atoms with Gasteiger partial charge in [-0.2, -0.15) is 0 Å². The highest BCUT2D eigenvalue weighted by molar-refractivity contribution is 5.52. The number of pyridine rings is 2. The second kappa shape index (κ2) is 14.4. The lowest BCUT2D eigenvalue weighted by atomic mass is 9.87. The molecule has 2 saturated carbocycles. The van der Waals surface area contributed by atoms with Crippen LogP contribution >= 0.6 is 0 Å². The number of imidazole rings is 2. The number of benzene rings is 2. The van der Waals surface area contributed by atoms with Gasteiger partial charge in [-0.1, -0.05) is 48.5 Å². The summed E-state index contributed by atoms with van der Waals surface area (Å²) in [5.74, 6) is 1.85. The minimum absolute atomic E-state index is 0.306. The van der Waals surface area contributed by atoms with Crippen LogP contribution in [0.25, 0.3) is 11.0 Å². The second-order valence-corrected chi connectivity index (χ2v) is 15.5. The number of para-hydroxylation sites is 2. The Hall–Kier alpha value is -4.66. The first-order valence-electron chi connectivity index (χ1n) is 19.5. The smallest absolute Gasteiger partial charge is 0.0995 e. The fourth-order valence-electron chi connectivity index (χ4n) is 8.84. The minimum Gasteiger partial charge on any atom is -0.387 e. The molecule has 2 aliphatic heterocycles. The first-order chi connectivity index (χ1) is 25.6. The number of aromatic nitrogens is 4. The number of hydrogen-bond acceptors (Lipinski definition) is 6. The quantitative estimate of drug-likeness (QED) is 0.167. The molecule has 10 rings (SSSR count). The van der Waals surface area contributed by atoms with E-state index in [1.165, 1.54) is 48.2 Å². The van der Waals surface area contributed by atoms with Crippen LogP contribution in [-0.4, -0.2) is 55.2 Å². The van der Waals surface area contributed by atoms with Crippen LogP contribution in [-0.2, 0) is 0 Å². The van der Waals surface area contributed by atoms with E-state index in [9.17, 15) is 10.2 Å². The molecule has 8 nitrogen and oxygen atoms in total. The molecule has 6 aromatic rings. The summed E-state index contributed by atoms with van der Waals surface area (Å²) >= 11 is 0. The molecule has 6 heterocycles. The first kappa shape index (κ1) is 33.2. The fourth-order valence-corrected chi connectivity index (χ4v) is 8.84. The SMILES string of the molecule is O[C@@H](c1c(C2CC2)ccc2cncn12)C1CCN(c2ccccc2)CC1.O[C@H](c1c(C2CC2)ccc2cncn12)C1CCN(c2ccccc2)CC1. The van der Waals surface area contributed by atoms with Gasteiger partial charge in [-0.25, -0.2) is 9.97 Å². The van der Waals surface area contributed by atoms with Crippen molar-refractivity contribution in [3.8, 4) is 0 Å². The lowest BCUT2D eigenvalue weighted by Gasteiger charge is -2.36. The summed E-state index contributed by atoms with van der Waals surface area (Å²) in [6.07, 6.45) is 15.7. The zero-order valence-corrected chi connectivity index (χ0v) is 29.9. The van der Waals surface area contributed by atoms with Gasteiger partial charge in [-0.15, -0.1) is 0 Å². The molecule has 2 N–H and O–H groups in total. The number of aliphatic hydroxyl groups is 2. The molecule has 8 heteroatoms. The van der Waals surface area contributed by atoms with Gasteiger partial charge < -0.3 is 28.8 Å². The normalized spacial score (nSPS) is 19.8. The van der Waals surface area contributed by atoms with E-state index in [-0.39, 0.29) is 0 Å². The van der Waals surface area contributed by atoms with E-state index in [1.54, 1.807) is 0 Å². The van der Waals surface area contributed by atoms with Gasteiger partial charge in [-0.3, -0.25) is 0 Å². The number of fused-ring (bicyclic) bond motifs is 2. The largest absolute Gasteiger partial charge is 0.387 e. The average Bonchev–Trinajstić information content (AvgIpc) is 4.14. The summed E-state index contributed by atoms with van der Waals surface area (Å²) in [6, 6.07) is 29.9. The standard InChI is InChI=1S/2C22H25N3O/c2*26-22(17-10-12-24(13-11-17)18-4-2-1-3-5-18)21-20(16-6-7-16)9-8-19-14-23-15-25(19)21/h2*1-5,8-9,14-17,22,26H,6-7,10-13H2/t2*22-/m10/s1. The van der Waals surface area contributed by atoms with E-state index < -0.39 is 12.2 Å². The lowest BCUT2D eigenvalue weighted by Crippen LogP contribution is -2.36. The van der Waals surface area contributed by atoms with Gasteiger partial charge >= 0.3 is 0 Å². The summed E-state index contributed by atoms with van der Waals surface area (Å²) in [6.45, 7) is 4.02. The van der Waals surface area contributed by atoms with E-state index in [1.807, 2.05) is 25.0 Å². The number of anilines is 2. The molecule has 4 aromatic heterocycles. The molecular weight excluding hydrogens is 645 g/mol. The maximum absolute atomic E-state index is 11.3. The van der Waals surface area contributed by atoms with Crippen LogP contribution in [0.2, 0.25) is 0 Å². The maximum atomic E-state index is 11.3. The van der Waals surface area contributed by atoms with Gasteiger partial charge in [-0.05, 0) is 123 Å². The highest BCUT2D eigenvalue weighted by Crippen LogP contribution is 2.46. The summed E-state index contributed by atoms with van der Waals surface area (Å²) in [5.41, 5.74) is 9.55. The van der Waals surface area contributed by atoms with Crippen molar-refractivity contribution < 1.29 is 10.2 Å². The Labute approximate surface area is 306 Å². The average molecular weight is 695 g/mol. The van der Waals surface area contributed by atoms with E-state index >= 15 is 0 Å². The summed E-state index contributed by atoms with van der Waals surface area (Å²) in [4.78, 5) is 13.5. The number of rotatable bonds is 8. The van der Waals surface area contributed by atoms with Crippen molar-refractivity contribution in [1.29, 1.82) is 0 Å². The molecule has 268 valence electrons. The van der Waals surface area contributed by atoms with E-state index in [0.717, 1.165) is 74.3 Å². The molecule has 0 unspecified atom stereocenters. The van der Waals surface area contributed by atoms with E-state index in [0.29, 0.717) is 23.7 Å². The lowest BCUT2D eigenvalue weighted by molar-refractivity contribution is 0.0870. The number of piperidine rings is 2. The Morgan fingerprint density at radius 3 is 1.23 bits per heavy atom. The molecule has 0 spiro atoms. The molecule has 0 amide bonds. The van der Waals surface area contributed by atoms with Crippen LogP contribution in [0.1, 0.15) is 97.9 Å². The third-order valence-corrected chi connectivity index (χ3v) is 12.1. The maximum Gasteiger partial charge on any atom is 0.0995 e. The summed E-state index contributed by atoms with van der Waals surface area (Å²) in [5, 5.41) is 22.6. The van der Waals surface area contributed by atoms with Gasteiger partial charge in [0.15, 0.2) is 0 Å². The van der Waals surface area contributed by atoms with Crippen molar-refractivity contribution in [3.05, 3.63) is 132 Å². The van der Waals surface area contributed by atoms with Gasteiger partial charge in [0, 0.05) is 37.6 Å². The van der Waals surface area contributed by atoms with Crippen molar-refractivity contribution in [2.24, 2.45) is 11.8 Å². The number of nitrogens with zero attached hydrogens (tertiary/aromatic N) is 6. The van der Waals surface area contributed by atoms with E-state index in [2.05, 4.69) is 113 Å². The minimum atomic E-state index is -0.415. The zero-order valence-electron chi connectivity index (χ0n) is 29.9. The zero-order chi connectivity index (χ0) is 35.0. The van der Waals surface area contributed by atoms with Crippen molar-refractivity contribution in [3.63, 3.8) is 0 Å². The molecule has 4 aliphatic rings. The van der Waals surface area contributed by atoms with Crippen molar-refractivity contribution in [2.75, 3.05) is 36.0 Å². The predicted molar refractivity (Wildman–Crippen MR) is 207 cm³/mol. The van der Waals surface area contributed by atoms with Crippen LogP contribution in [0, 0.1) is 11.8 Å². The fraction of sp³-hybridized carbons (Fsp3) is 0.409. The molecule has 52 heavy (non-hydrogen) atoms. The van der Waals surface area contributed by atoms with Gasteiger partial charge in [0.1, 0.15) is 0 Å². The number of aliphatic hydroxyl groups excluding tert-OH is 2. The molecular formula is C44H50N6O2. The molecule has 2 aromatic carbocycles. The van der Waals surface area contributed by atoms with Crippen molar-refractivity contribution >= 4 is 22.4 Å². The van der Waals surface area contributed by atoms with Crippen LogP contribution in [0.15, 0.2) is 110 Å². The Kier molecular flexibility index (Phi) is 9.19. The van der Waals surface area contributed by atoms with E-state index in [4.69, 9.17) is 0 Å². The Bertz CT molecular complexity index is 1940. The highest BCUT2D eigenvalue weighted by atomic mass is 16.3. The monoisotopic (exact) mass is 694 g/mol. The summed E-state index contributed by atoms with van der Waals surface area (Å²) in [7, 11) is 0. The Balaban J connectivity index is 0.000000138. The third kappa shape index (κ3) is 6.70. The van der Waals surface area contributed by atoms with Crippen molar-refractivity contribution in [1.82, 2.24) is 18.8 Å². The predicted octanol–water partition coefficient (Wildman–Crippen LogP) is 8.32. The third-order valence-electron chi connectivity index (χ3n) is 12.1.